The largest absolute Gasteiger partial charge is 0.392 e. The summed E-state index contributed by atoms with van der Waals surface area (Å²) in [5.74, 6) is 0.666. The average Bonchev–Trinajstić information content (AvgIpc) is 1.80. The van der Waals surface area contributed by atoms with E-state index < -0.39 is 5.60 Å². The minimum atomic E-state index is -0.631. The Morgan fingerprint density at radius 2 is 1.82 bits per heavy atom. The van der Waals surface area contributed by atoms with Crippen molar-refractivity contribution in [2.45, 2.75) is 44.6 Å². The van der Waals surface area contributed by atoms with E-state index in [0.29, 0.717) is 5.75 Å². The van der Waals surface area contributed by atoms with Crippen molar-refractivity contribution in [1.29, 1.82) is 0 Å². The average molecular weight is 178 g/mol. The molecule has 0 spiro atoms. The van der Waals surface area contributed by atoms with Gasteiger partial charge in [-0.05, 0) is 20.8 Å². The molecule has 0 rings (SSSR count). The molecular weight excluding hydrogens is 160 g/mol. The van der Waals surface area contributed by atoms with Crippen molar-refractivity contribution in [1.82, 2.24) is 0 Å². The molecule has 2 nitrogen and oxygen atoms in total. The predicted octanol–water partition coefficient (Wildman–Crippen LogP) is 1.26. The van der Waals surface area contributed by atoms with Crippen LogP contribution in [0, 0.1) is 0 Å². The number of thioether (sulfide) groups is 1. The first-order valence-electron chi connectivity index (χ1n) is 3.85. The van der Waals surface area contributed by atoms with Gasteiger partial charge in [-0.15, -0.1) is 0 Å². The highest BCUT2D eigenvalue weighted by atomic mass is 32.2. The third-order valence-corrected chi connectivity index (χ3v) is 3.17. The number of aliphatic hydroxyl groups excluding tert-OH is 1. The molecule has 2 N–H and O–H groups in total. The van der Waals surface area contributed by atoms with Crippen molar-refractivity contribution in [3.8, 4) is 0 Å². The fourth-order valence-electron chi connectivity index (χ4n) is 0.475. The molecule has 0 fully saturated rings. The Morgan fingerprint density at radius 3 is 2.09 bits per heavy atom. The van der Waals surface area contributed by atoms with Gasteiger partial charge in [0.1, 0.15) is 0 Å². The van der Waals surface area contributed by atoms with E-state index in [1.807, 2.05) is 6.92 Å². The molecule has 0 saturated heterocycles. The Balaban J connectivity index is 3.54. The molecule has 0 aliphatic rings. The quantitative estimate of drug-likeness (QED) is 0.681. The summed E-state index contributed by atoms with van der Waals surface area (Å²) >= 11 is 1.59. The fourth-order valence-corrected chi connectivity index (χ4v) is 1.42. The number of hydrogen-bond acceptors (Lipinski definition) is 3. The van der Waals surface area contributed by atoms with E-state index >= 15 is 0 Å². The molecule has 2 unspecified atom stereocenters. The van der Waals surface area contributed by atoms with Crippen LogP contribution in [0.2, 0.25) is 0 Å². The number of hydrogen-bond donors (Lipinski definition) is 2. The zero-order valence-electron chi connectivity index (χ0n) is 7.66. The second kappa shape index (κ2) is 4.33. The van der Waals surface area contributed by atoms with Crippen molar-refractivity contribution in [2.75, 3.05) is 5.75 Å². The van der Waals surface area contributed by atoms with Crippen molar-refractivity contribution >= 4 is 11.8 Å². The van der Waals surface area contributed by atoms with Crippen LogP contribution in [0.3, 0.4) is 0 Å². The topological polar surface area (TPSA) is 40.5 Å². The van der Waals surface area contributed by atoms with Crippen molar-refractivity contribution < 1.29 is 10.2 Å². The lowest BCUT2D eigenvalue weighted by molar-refractivity contribution is 0.106. The van der Waals surface area contributed by atoms with E-state index in [2.05, 4.69) is 0 Å². The van der Waals surface area contributed by atoms with Gasteiger partial charge < -0.3 is 10.2 Å². The Labute approximate surface area is 73.0 Å². The minimum Gasteiger partial charge on any atom is -0.392 e. The second-order valence-corrected chi connectivity index (χ2v) is 4.93. The Kier molecular flexibility index (Phi) is 4.44. The molecule has 2 atom stereocenters. The summed E-state index contributed by atoms with van der Waals surface area (Å²) < 4.78 is 0. The first-order chi connectivity index (χ1) is 4.83. The van der Waals surface area contributed by atoms with Crippen LogP contribution in [-0.2, 0) is 0 Å². The van der Waals surface area contributed by atoms with Gasteiger partial charge in [-0.3, -0.25) is 0 Å². The third kappa shape index (κ3) is 6.66. The molecule has 0 heterocycles. The van der Waals surface area contributed by atoms with Crippen LogP contribution in [0.15, 0.2) is 0 Å². The summed E-state index contributed by atoms with van der Waals surface area (Å²) in [6, 6.07) is 0. The van der Waals surface area contributed by atoms with Crippen LogP contribution in [-0.4, -0.2) is 32.9 Å². The van der Waals surface area contributed by atoms with E-state index in [1.54, 1.807) is 32.5 Å². The number of aliphatic hydroxyl groups is 2. The van der Waals surface area contributed by atoms with Gasteiger partial charge in [0.15, 0.2) is 0 Å². The minimum absolute atomic E-state index is 0.196. The molecule has 0 aliphatic carbocycles. The molecule has 3 heteroatoms. The lowest BCUT2D eigenvalue weighted by Gasteiger charge is -2.20. The summed E-state index contributed by atoms with van der Waals surface area (Å²) in [6.45, 7) is 7.27. The first kappa shape index (κ1) is 11.3. The highest BCUT2D eigenvalue weighted by molar-refractivity contribution is 8.00. The molecule has 0 aromatic heterocycles. The van der Waals surface area contributed by atoms with Crippen LogP contribution in [0.4, 0.5) is 0 Å². The second-order valence-electron chi connectivity index (χ2n) is 3.57. The lowest BCUT2D eigenvalue weighted by atomic mass is 10.2. The fraction of sp³-hybridized carbons (Fsp3) is 1.00. The third-order valence-electron chi connectivity index (χ3n) is 1.38. The van der Waals surface area contributed by atoms with Crippen LogP contribution in [0.1, 0.15) is 27.7 Å². The Morgan fingerprint density at radius 1 is 1.36 bits per heavy atom. The SMILES string of the molecule is CC(O)C(C)SCC(C)(C)O. The molecule has 0 radical (unpaired) electrons. The Hall–Kier alpha value is 0.270. The Bertz CT molecular complexity index is 107. The van der Waals surface area contributed by atoms with Gasteiger partial charge in [-0.2, -0.15) is 11.8 Å². The molecule has 0 aliphatic heterocycles. The maximum atomic E-state index is 9.35. The molecule has 11 heavy (non-hydrogen) atoms. The zero-order chi connectivity index (χ0) is 9.07. The standard InChI is InChI=1S/C8H18O2S/c1-6(9)7(2)11-5-8(3,4)10/h6-7,9-10H,5H2,1-4H3. The predicted molar refractivity (Wildman–Crippen MR) is 49.9 cm³/mol. The summed E-state index contributed by atoms with van der Waals surface area (Å²) in [7, 11) is 0. The van der Waals surface area contributed by atoms with Gasteiger partial charge in [0.05, 0.1) is 11.7 Å². The van der Waals surface area contributed by atoms with Crippen molar-refractivity contribution in [3.63, 3.8) is 0 Å². The molecule has 0 aromatic rings. The maximum absolute atomic E-state index is 9.35. The van der Waals surface area contributed by atoms with Gasteiger partial charge >= 0.3 is 0 Å². The van der Waals surface area contributed by atoms with E-state index in [1.165, 1.54) is 0 Å². The normalized spacial score (nSPS) is 18.0. The van der Waals surface area contributed by atoms with Gasteiger partial charge in [0, 0.05) is 11.0 Å². The molecule has 0 aromatic carbocycles. The first-order valence-corrected chi connectivity index (χ1v) is 4.90. The highest BCUT2D eigenvalue weighted by Gasteiger charge is 2.16. The maximum Gasteiger partial charge on any atom is 0.0681 e. The van der Waals surface area contributed by atoms with E-state index in [0.717, 1.165) is 0 Å². The highest BCUT2D eigenvalue weighted by Crippen LogP contribution is 2.19. The van der Waals surface area contributed by atoms with Gasteiger partial charge in [-0.1, -0.05) is 6.92 Å². The molecule has 0 amide bonds. The lowest BCUT2D eigenvalue weighted by Crippen LogP contribution is -2.25. The van der Waals surface area contributed by atoms with Crippen LogP contribution in [0.25, 0.3) is 0 Å². The summed E-state index contributed by atoms with van der Waals surface area (Å²) in [6.07, 6.45) is -0.303. The van der Waals surface area contributed by atoms with Crippen LogP contribution in [0.5, 0.6) is 0 Å². The van der Waals surface area contributed by atoms with Gasteiger partial charge in [-0.25, -0.2) is 0 Å². The van der Waals surface area contributed by atoms with E-state index in [-0.39, 0.29) is 11.4 Å². The van der Waals surface area contributed by atoms with Gasteiger partial charge in [0.2, 0.25) is 0 Å². The molecule has 68 valence electrons. The van der Waals surface area contributed by atoms with E-state index in [4.69, 9.17) is 5.11 Å². The monoisotopic (exact) mass is 178 g/mol. The molecule has 0 bridgehead atoms. The van der Waals surface area contributed by atoms with E-state index in [9.17, 15) is 5.11 Å². The van der Waals surface area contributed by atoms with Crippen LogP contribution < -0.4 is 0 Å². The van der Waals surface area contributed by atoms with Crippen molar-refractivity contribution in [3.05, 3.63) is 0 Å². The number of rotatable bonds is 4. The molecule has 0 saturated carbocycles. The summed E-state index contributed by atoms with van der Waals surface area (Å²) in [4.78, 5) is 0. The molecular formula is C8H18O2S. The summed E-state index contributed by atoms with van der Waals surface area (Å²) in [5.41, 5.74) is -0.631. The van der Waals surface area contributed by atoms with Crippen LogP contribution >= 0.6 is 11.8 Å². The summed E-state index contributed by atoms with van der Waals surface area (Å²) in [5, 5.41) is 18.7. The van der Waals surface area contributed by atoms with Crippen molar-refractivity contribution in [2.24, 2.45) is 0 Å². The zero-order valence-corrected chi connectivity index (χ0v) is 8.48. The smallest absolute Gasteiger partial charge is 0.0681 e. The van der Waals surface area contributed by atoms with Gasteiger partial charge in [0.25, 0.3) is 0 Å².